The summed E-state index contributed by atoms with van der Waals surface area (Å²) in [4.78, 5) is 0. The van der Waals surface area contributed by atoms with Gasteiger partial charge in [0.05, 0.1) is 11.7 Å². The first-order chi connectivity index (χ1) is 10.3. The van der Waals surface area contributed by atoms with E-state index >= 15 is 0 Å². The molecule has 22 heavy (non-hydrogen) atoms. The van der Waals surface area contributed by atoms with Gasteiger partial charge in [-0.2, -0.15) is 0 Å². The lowest BCUT2D eigenvalue weighted by atomic mass is 9.84. The Kier molecular flexibility index (Phi) is 5.36. The third-order valence-electron chi connectivity index (χ3n) is 4.09. The molecule has 2 rings (SSSR count). The van der Waals surface area contributed by atoms with Crippen LogP contribution in [0.4, 0.5) is 0 Å². The Morgan fingerprint density at radius 1 is 1.23 bits per heavy atom. The maximum absolute atomic E-state index is 10.4. The molecule has 1 unspecified atom stereocenters. The molecule has 0 heterocycles. The van der Waals surface area contributed by atoms with E-state index in [1.807, 2.05) is 18.2 Å². The molecule has 1 aliphatic carbocycles. The normalized spacial score (nSPS) is 20.2. The highest BCUT2D eigenvalue weighted by atomic mass is 16.5. The Bertz CT molecular complexity index is 516. The lowest BCUT2D eigenvalue weighted by molar-refractivity contribution is -0.176. The predicted molar refractivity (Wildman–Crippen MR) is 84.4 cm³/mol. The molecule has 0 amide bonds. The SMILES string of the molecule is NC(O)(O)CC(O)c1cccc(C=CC2(O)CCCCC2)c1. The summed E-state index contributed by atoms with van der Waals surface area (Å²) < 4.78 is 0. The molecule has 5 nitrogen and oxygen atoms in total. The standard InChI is InChI=1S/C17H25NO4/c18-17(21,22)12-15(19)14-6-4-5-13(11-14)7-10-16(20)8-2-1-3-9-16/h4-7,10-11,15,19-22H,1-3,8-9,12,18H2. The van der Waals surface area contributed by atoms with Crippen LogP contribution in [0.15, 0.2) is 30.3 Å². The molecule has 6 N–H and O–H groups in total. The van der Waals surface area contributed by atoms with Crippen LogP contribution in [-0.2, 0) is 0 Å². The first-order valence-electron chi connectivity index (χ1n) is 7.71. The molecule has 0 spiro atoms. The topological polar surface area (TPSA) is 107 Å². The summed E-state index contributed by atoms with van der Waals surface area (Å²) in [5.74, 6) is -2.40. The minimum atomic E-state index is -2.40. The zero-order valence-electron chi connectivity index (χ0n) is 12.7. The molecule has 5 heteroatoms. The summed E-state index contributed by atoms with van der Waals surface area (Å²) in [5.41, 5.74) is 5.74. The molecule has 0 saturated heterocycles. The summed E-state index contributed by atoms with van der Waals surface area (Å²) >= 11 is 0. The first-order valence-corrected chi connectivity index (χ1v) is 7.71. The maximum Gasteiger partial charge on any atom is 0.222 e. The van der Waals surface area contributed by atoms with Crippen LogP contribution in [0.2, 0.25) is 0 Å². The second kappa shape index (κ2) is 6.89. The van der Waals surface area contributed by atoms with Gasteiger partial charge in [0.1, 0.15) is 0 Å². The van der Waals surface area contributed by atoms with E-state index in [0.29, 0.717) is 5.56 Å². The van der Waals surface area contributed by atoms with Crippen molar-refractivity contribution >= 4 is 6.08 Å². The lowest BCUT2D eigenvalue weighted by Crippen LogP contribution is -2.40. The van der Waals surface area contributed by atoms with Crippen molar-refractivity contribution in [2.75, 3.05) is 0 Å². The van der Waals surface area contributed by atoms with Crippen molar-refractivity contribution < 1.29 is 20.4 Å². The molecule has 1 atom stereocenters. The second-order valence-corrected chi connectivity index (χ2v) is 6.27. The van der Waals surface area contributed by atoms with Crippen LogP contribution in [-0.4, -0.2) is 31.9 Å². The van der Waals surface area contributed by atoms with Crippen LogP contribution >= 0.6 is 0 Å². The van der Waals surface area contributed by atoms with Gasteiger partial charge in [-0.05, 0) is 30.0 Å². The molecule has 1 aromatic carbocycles. The minimum absolute atomic E-state index is 0.371. The predicted octanol–water partition coefficient (Wildman–Crippen LogP) is 1.42. The molecule has 0 aliphatic heterocycles. The zero-order chi connectivity index (χ0) is 16.2. The quantitative estimate of drug-likeness (QED) is 0.529. The lowest BCUT2D eigenvalue weighted by Gasteiger charge is -2.28. The third kappa shape index (κ3) is 5.19. The monoisotopic (exact) mass is 307 g/mol. The van der Waals surface area contributed by atoms with E-state index in [1.54, 1.807) is 18.2 Å². The first kappa shape index (κ1) is 17.1. The fourth-order valence-electron chi connectivity index (χ4n) is 2.85. The van der Waals surface area contributed by atoms with E-state index in [4.69, 9.17) is 15.9 Å². The Morgan fingerprint density at radius 2 is 1.91 bits per heavy atom. The summed E-state index contributed by atoms with van der Waals surface area (Å²) in [5, 5.41) is 38.7. The zero-order valence-corrected chi connectivity index (χ0v) is 12.7. The van der Waals surface area contributed by atoms with E-state index in [2.05, 4.69) is 0 Å². The van der Waals surface area contributed by atoms with Crippen molar-refractivity contribution in [3.63, 3.8) is 0 Å². The van der Waals surface area contributed by atoms with Crippen molar-refractivity contribution in [2.24, 2.45) is 5.73 Å². The number of aliphatic hydroxyl groups is 4. The van der Waals surface area contributed by atoms with Gasteiger partial charge < -0.3 is 20.4 Å². The van der Waals surface area contributed by atoms with Gasteiger partial charge in [-0.25, -0.2) is 0 Å². The molecule has 0 radical (unpaired) electrons. The summed E-state index contributed by atoms with van der Waals surface area (Å²) in [7, 11) is 0. The van der Waals surface area contributed by atoms with Crippen LogP contribution in [0, 0.1) is 0 Å². The van der Waals surface area contributed by atoms with Crippen molar-refractivity contribution in [3.8, 4) is 0 Å². The van der Waals surface area contributed by atoms with Crippen LogP contribution in [0.5, 0.6) is 0 Å². The smallest absolute Gasteiger partial charge is 0.222 e. The Morgan fingerprint density at radius 3 is 2.55 bits per heavy atom. The molecule has 1 fully saturated rings. The largest absolute Gasteiger partial charge is 0.388 e. The van der Waals surface area contributed by atoms with Gasteiger partial charge in [0.15, 0.2) is 0 Å². The molecule has 122 valence electrons. The van der Waals surface area contributed by atoms with E-state index < -0.39 is 17.6 Å². The summed E-state index contributed by atoms with van der Waals surface area (Å²) in [6.07, 6.45) is 7.01. The van der Waals surface area contributed by atoms with Gasteiger partial charge in [0.25, 0.3) is 0 Å². The average molecular weight is 307 g/mol. The minimum Gasteiger partial charge on any atom is -0.388 e. The van der Waals surface area contributed by atoms with Gasteiger partial charge in [-0.3, -0.25) is 5.73 Å². The van der Waals surface area contributed by atoms with Gasteiger partial charge in [-0.15, -0.1) is 0 Å². The molecule has 1 saturated carbocycles. The van der Waals surface area contributed by atoms with E-state index in [-0.39, 0.29) is 6.42 Å². The second-order valence-electron chi connectivity index (χ2n) is 6.27. The van der Waals surface area contributed by atoms with Gasteiger partial charge >= 0.3 is 0 Å². The van der Waals surface area contributed by atoms with Crippen LogP contribution in [0.25, 0.3) is 6.08 Å². The Hall–Kier alpha value is -1.24. The van der Waals surface area contributed by atoms with Crippen molar-refractivity contribution in [1.82, 2.24) is 0 Å². The molecular weight excluding hydrogens is 282 g/mol. The van der Waals surface area contributed by atoms with Crippen molar-refractivity contribution in [1.29, 1.82) is 0 Å². The average Bonchev–Trinajstić information content (AvgIpc) is 2.45. The third-order valence-corrected chi connectivity index (χ3v) is 4.09. The number of nitrogens with two attached hydrogens (primary N) is 1. The fourth-order valence-corrected chi connectivity index (χ4v) is 2.85. The number of hydrogen-bond donors (Lipinski definition) is 5. The highest BCUT2D eigenvalue weighted by Gasteiger charge is 2.26. The van der Waals surface area contributed by atoms with Crippen LogP contribution < -0.4 is 5.73 Å². The van der Waals surface area contributed by atoms with E-state index in [9.17, 15) is 10.2 Å². The summed E-state index contributed by atoms with van der Waals surface area (Å²) in [6, 6.07) is 7.09. The maximum atomic E-state index is 10.4. The molecule has 0 bridgehead atoms. The van der Waals surface area contributed by atoms with Crippen LogP contribution in [0.1, 0.15) is 55.8 Å². The molecule has 1 aliphatic rings. The van der Waals surface area contributed by atoms with Gasteiger partial charge in [0.2, 0.25) is 5.91 Å². The Balaban J connectivity index is 2.08. The fraction of sp³-hybridized carbons (Fsp3) is 0.529. The van der Waals surface area contributed by atoms with Crippen LogP contribution in [0.3, 0.4) is 0 Å². The number of rotatable bonds is 5. The molecule has 1 aromatic rings. The van der Waals surface area contributed by atoms with Gasteiger partial charge in [0, 0.05) is 6.42 Å². The highest BCUT2D eigenvalue weighted by Crippen LogP contribution is 2.30. The van der Waals surface area contributed by atoms with E-state index in [0.717, 1.165) is 31.2 Å². The van der Waals surface area contributed by atoms with Gasteiger partial charge in [-0.1, -0.05) is 49.6 Å². The van der Waals surface area contributed by atoms with Crippen molar-refractivity contribution in [2.45, 2.75) is 56.1 Å². The van der Waals surface area contributed by atoms with Crippen molar-refractivity contribution in [3.05, 3.63) is 41.5 Å². The number of aliphatic hydroxyl groups excluding tert-OH is 1. The summed E-state index contributed by atoms with van der Waals surface area (Å²) in [6.45, 7) is 0. The number of hydrogen-bond acceptors (Lipinski definition) is 5. The Labute approximate surface area is 130 Å². The van der Waals surface area contributed by atoms with E-state index in [1.165, 1.54) is 6.42 Å². The molecular formula is C17H25NO4. The highest BCUT2D eigenvalue weighted by molar-refractivity contribution is 5.52. The number of benzene rings is 1. The molecule has 0 aromatic heterocycles.